The summed E-state index contributed by atoms with van der Waals surface area (Å²) in [6, 6.07) is 4.95. The predicted molar refractivity (Wildman–Crippen MR) is 47.7 cm³/mol. The van der Waals surface area contributed by atoms with Crippen molar-refractivity contribution in [2.45, 2.75) is 13.0 Å². The van der Waals surface area contributed by atoms with E-state index in [-0.39, 0.29) is 5.57 Å². The highest BCUT2D eigenvalue weighted by Gasteiger charge is 2.12. The first-order valence-corrected chi connectivity index (χ1v) is 3.61. The highest BCUT2D eigenvalue weighted by atomic mass is 19.1. The van der Waals surface area contributed by atoms with Gasteiger partial charge in [-0.15, -0.1) is 0 Å². The maximum Gasteiger partial charge on any atom is 0.138 e. The maximum atomic E-state index is 12.7. The summed E-state index contributed by atoms with van der Waals surface area (Å²) in [5.74, 6) is -0.458. The third-order valence-corrected chi connectivity index (χ3v) is 1.59. The zero-order valence-electron chi connectivity index (χ0n) is 9.83. The second kappa shape index (κ2) is 4.16. The number of halogens is 1. The van der Waals surface area contributed by atoms with Gasteiger partial charge in [0.15, 0.2) is 0 Å². The van der Waals surface area contributed by atoms with Crippen LogP contribution in [0.2, 0.25) is 0 Å². The van der Waals surface area contributed by atoms with Crippen molar-refractivity contribution in [3.05, 3.63) is 47.8 Å². The summed E-state index contributed by atoms with van der Waals surface area (Å²) in [6.07, 6.45) is -1.19. The van der Waals surface area contributed by atoms with Crippen LogP contribution < -0.4 is 0 Å². The van der Waals surface area contributed by atoms with Crippen LogP contribution in [0, 0.1) is 5.82 Å². The first-order valence-electron chi connectivity index (χ1n) is 5.11. The topological polar surface area (TPSA) is 29.5 Å². The van der Waals surface area contributed by atoms with Crippen molar-refractivity contribution in [2.75, 3.05) is 0 Å². The Morgan fingerprint density at radius 1 is 1.62 bits per heavy atom. The number of hydrogen-bond donors (Lipinski definition) is 1. The molecule has 0 saturated carbocycles. The van der Waals surface area contributed by atoms with E-state index in [2.05, 4.69) is 11.5 Å². The zero-order chi connectivity index (χ0) is 12.3. The molecule has 1 unspecified atom stereocenters. The van der Waals surface area contributed by atoms with E-state index in [9.17, 15) is 4.39 Å². The average molecular weight is 185 g/mol. The van der Waals surface area contributed by atoms with Gasteiger partial charge in [-0.2, -0.15) is 0 Å². The van der Waals surface area contributed by atoms with Gasteiger partial charge in [-0.1, -0.05) is 18.7 Å². The minimum atomic E-state index is -2.44. The van der Waals surface area contributed by atoms with Crippen molar-refractivity contribution < 1.29 is 18.6 Å². The summed E-state index contributed by atoms with van der Waals surface area (Å²) in [7, 11) is 0. The molecular formula is C10H11FO2. The molecule has 1 aromatic carbocycles. The fraction of sp³-hybridized carbons (Fsp3) is 0.200. The van der Waals surface area contributed by atoms with Gasteiger partial charge < -0.3 is 0 Å². The standard InChI is InChI=1S/C10H11FO2/c1-7(2)10(13-12)8-3-5-9(11)6-4-8/h3-6,10,12H,1H2,2H3/i2D3. The SMILES string of the molecule is [2H]C([2H])([2H])C(=C)C(OO)c1ccc(F)cc1. The van der Waals surface area contributed by atoms with E-state index in [0.717, 1.165) is 12.1 Å². The van der Waals surface area contributed by atoms with Gasteiger partial charge in [0.2, 0.25) is 0 Å². The molecule has 70 valence electrons. The Bertz CT molecular complexity index is 373. The molecule has 0 saturated heterocycles. The van der Waals surface area contributed by atoms with Crippen LogP contribution in [-0.4, -0.2) is 5.26 Å². The van der Waals surface area contributed by atoms with Gasteiger partial charge in [0.05, 0.1) is 0 Å². The van der Waals surface area contributed by atoms with Crippen molar-refractivity contribution in [1.82, 2.24) is 0 Å². The van der Waals surface area contributed by atoms with E-state index in [1.165, 1.54) is 12.1 Å². The lowest BCUT2D eigenvalue weighted by molar-refractivity contribution is -0.271. The molecule has 0 heterocycles. The van der Waals surface area contributed by atoms with E-state index in [1.807, 2.05) is 0 Å². The molecule has 2 nitrogen and oxygen atoms in total. The summed E-state index contributed by atoms with van der Waals surface area (Å²) >= 11 is 0. The monoisotopic (exact) mass is 185 g/mol. The molecule has 1 rings (SSSR count). The summed E-state index contributed by atoms with van der Waals surface area (Å²) in [5, 5.41) is 8.68. The fourth-order valence-corrected chi connectivity index (χ4v) is 0.963. The van der Waals surface area contributed by atoms with Crippen molar-refractivity contribution in [2.24, 2.45) is 0 Å². The lowest BCUT2D eigenvalue weighted by atomic mass is 10.0. The number of hydrogen-bond acceptors (Lipinski definition) is 2. The van der Waals surface area contributed by atoms with Gasteiger partial charge in [0.1, 0.15) is 11.9 Å². The predicted octanol–water partition coefficient (Wildman–Crippen LogP) is 2.93. The molecule has 0 fully saturated rings. The third-order valence-electron chi connectivity index (χ3n) is 1.59. The van der Waals surface area contributed by atoms with Crippen LogP contribution in [0.25, 0.3) is 0 Å². The van der Waals surface area contributed by atoms with Gasteiger partial charge in [0, 0.05) is 4.11 Å². The first-order chi connectivity index (χ1) is 7.36. The summed E-state index contributed by atoms with van der Waals surface area (Å²) < 4.78 is 34.0. The Hall–Kier alpha value is -1.19. The van der Waals surface area contributed by atoms with Gasteiger partial charge in [-0.3, -0.25) is 5.26 Å². The van der Waals surface area contributed by atoms with Crippen LogP contribution in [0.3, 0.4) is 0 Å². The van der Waals surface area contributed by atoms with Crippen molar-refractivity contribution in [3.8, 4) is 0 Å². The highest BCUT2D eigenvalue weighted by Crippen LogP contribution is 2.23. The molecular weight excluding hydrogens is 171 g/mol. The molecule has 0 aliphatic heterocycles. The van der Waals surface area contributed by atoms with Gasteiger partial charge in [-0.25, -0.2) is 9.28 Å². The minimum absolute atomic E-state index is 0.262. The molecule has 1 N–H and O–H groups in total. The largest absolute Gasteiger partial charge is 0.251 e. The smallest absolute Gasteiger partial charge is 0.138 e. The van der Waals surface area contributed by atoms with Crippen molar-refractivity contribution in [3.63, 3.8) is 0 Å². The van der Waals surface area contributed by atoms with E-state index >= 15 is 0 Å². The second-order valence-electron chi connectivity index (χ2n) is 2.56. The van der Waals surface area contributed by atoms with Crippen LogP contribution in [0.4, 0.5) is 4.39 Å². The molecule has 0 aliphatic rings. The molecule has 13 heavy (non-hydrogen) atoms. The van der Waals surface area contributed by atoms with Crippen LogP contribution in [-0.2, 0) is 4.89 Å². The van der Waals surface area contributed by atoms with Gasteiger partial charge in [-0.05, 0) is 30.1 Å². The lowest BCUT2D eigenvalue weighted by Gasteiger charge is -2.12. The summed E-state index contributed by atoms with van der Waals surface area (Å²) in [6.45, 7) is 0.912. The number of benzene rings is 1. The maximum absolute atomic E-state index is 12.7. The Morgan fingerprint density at radius 2 is 2.23 bits per heavy atom. The zero-order valence-corrected chi connectivity index (χ0v) is 6.83. The average Bonchev–Trinajstić information content (AvgIpc) is 2.20. The van der Waals surface area contributed by atoms with Crippen LogP contribution in [0.1, 0.15) is 22.6 Å². The highest BCUT2D eigenvalue weighted by molar-refractivity contribution is 5.24. The molecule has 1 atom stereocenters. The number of rotatable bonds is 3. The fourth-order valence-electron chi connectivity index (χ4n) is 0.963. The third kappa shape index (κ3) is 2.37. The van der Waals surface area contributed by atoms with E-state index < -0.39 is 18.8 Å². The Morgan fingerprint density at radius 3 is 2.69 bits per heavy atom. The normalized spacial score (nSPS) is 16.9. The van der Waals surface area contributed by atoms with Crippen LogP contribution >= 0.6 is 0 Å². The van der Waals surface area contributed by atoms with Crippen LogP contribution in [0.5, 0.6) is 0 Å². The quantitative estimate of drug-likeness (QED) is 0.445. The molecule has 0 radical (unpaired) electrons. The molecule has 0 spiro atoms. The molecule has 0 aromatic heterocycles. The van der Waals surface area contributed by atoms with E-state index in [4.69, 9.17) is 9.37 Å². The van der Waals surface area contributed by atoms with Crippen molar-refractivity contribution in [1.29, 1.82) is 0 Å². The Balaban J connectivity index is 2.99. The van der Waals surface area contributed by atoms with Gasteiger partial charge in [0.25, 0.3) is 0 Å². The summed E-state index contributed by atoms with van der Waals surface area (Å²) in [4.78, 5) is 4.08. The molecule has 0 bridgehead atoms. The Kier molecular flexibility index (Phi) is 2.01. The Labute approximate surface area is 80.4 Å². The summed E-state index contributed by atoms with van der Waals surface area (Å²) in [5.41, 5.74) is 0.0617. The lowest BCUT2D eigenvalue weighted by Crippen LogP contribution is -2.02. The molecule has 0 aliphatic carbocycles. The minimum Gasteiger partial charge on any atom is -0.251 e. The van der Waals surface area contributed by atoms with Crippen LogP contribution in [0.15, 0.2) is 36.4 Å². The van der Waals surface area contributed by atoms with Crippen molar-refractivity contribution >= 4 is 0 Å². The molecule has 0 amide bonds. The molecule has 3 heteroatoms. The first kappa shape index (κ1) is 6.29. The van der Waals surface area contributed by atoms with E-state index in [1.54, 1.807) is 0 Å². The molecule has 1 aromatic rings. The second-order valence-corrected chi connectivity index (χ2v) is 2.56. The van der Waals surface area contributed by atoms with E-state index in [0.29, 0.717) is 5.56 Å². The van der Waals surface area contributed by atoms with Gasteiger partial charge >= 0.3 is 0 Å².